The molecule has 10 heteroatoms. The monoisotopic (exact) mass is 520 g/mol. The van der Waals surface area contributed by atoms with Gasteiger partial charge in [0, 0.05) is 0 Å². The van der Waals surface area contributed by atoms with Gasteiger partial charge in [-0.15, -0.1) is 0 Å². The SMILES string of the molecule is O=C(O)c1ccc2nc[n-]c2c1.O=C(O)c1ccc2nn[n-]c2c1.[Au+3]. The maximum Gasteiger partial charge on any atom is 3.00 e. The van der Waals surface area contributed by atoms with Crippen molar-refractivity contribution in [3.05, 3.63) is 53.9 Å². The number of rotatable bonds is 2. The van der Waals surface area contributed by atoms with Crippen LogP contribution in [-0.2, 0) is 22.4 Å². The van der Waals surface area contributed by atoms with Crippen molar-refractivity contribution in [2.45, 2.75) is 0 Å². The van der Waals surface area contributed by atoms with Crippen LogP contribution < -0.4 is 10.1 Å². The quantitative estimate of drug-likeness (QED) is 0.373. The summed E-state index contributed by atoms with van der Waals surface area (Å²) in [7, 11) is 0. The topological polar surface area (TPSA) is 141 Å². The molecule has 0 spiro atoms. The molecule has 0 aliphatic carbocycles. The zero-order chi connectivity index (χ0) is 17.1. The molecule has 0 atom stereocenters. The third kappa shape index (κ3) is 4.10. The Kier molecular flexibility index (Phi) is 5.65. The van der Waals surface area contributed by atoms with Crippen LogP contribution in [-0.4, -0.2) is 37.4 Å². The van der Waals surface area contributed by atoms with Crippen LogP contribution in [0.1, 0.15) is 20.7 Å². The van der Waals surface area contributed by atoms with Crippen LogP contribution in [0.25, 0.3) is 22.1 Å². The summed E-state index contributed by atoms with van der Waals surface area (Å²) in [4.78, 5) is 28.8. The van der Waals surface area contributed by atoms with E-state index in [1.54, 1.807) is 12.1 Å². The Morgan fingerprint density at radius 1 is 0.880 bits per heavy atom. The predicted molar refractivity (Wildman–Crippen MR) is 81.8 cm³/mol. The summed E-state index contributed by atoms with van der Waals surface area (Å²) in [6.07, 6.45) is 1.41. The van der Waals surface area contributed by atoms with Gasteiger partial charge in [-0.05, 0) is 46.3 Å². The molecule has 0 bridgehead atoms. The number of hydrogen-bond acceptors (Lipinski definition) is 5. The van der Waals surface area contributed by atoms with Crippen molar-refractivity contribution in [2.75, 3.05) is 0 Å². The van der Waals surface area contributed by atoms with E-state index in [1.807, 2.05) is 0 Å². The molecule has 0 aliphatic heterocycles. The molecule has 0 radical (unpaired) electrons. The molecule has 9 nitrogen and oxygen atoms in total. The molecule has 25 heavy (non-hydrogen) atoms. The van der Waals surface area contributed by atoms with Crippen LogP contribution in [0, 0.1) is 0 Å². The minimum atomic E-state index is -0.972. The minimum Gasteiger partial charge on any atom is -0.478 e. The van der Waals surface area contributed by atoms with Gasteiger partial charge in [0.05, 0.1) is 11.1 Å². The number of carbonyl (C=O) groups is 2. The smallest absolute Gasteiger partial charge is 0.478 e. The summed E-state index contributed by atoms with van der Waals surface area (Å²) in [5.74, 6) is -1.92. The van der Waals surface area contributed by atoms with E-state index in [-0.39, 0.29) is 33.5 Å². The maximum atomic E-state index is 10.5. The zero-order valence-corrected chi connectivity index (χ0v) is 14.5. The molecule has 2 aromatic heterocycles. The second-order valence-electron chi connectivity index (χ2n) is 4.68. The van der Waals surface area contributed by atoms with E-state index >= 15 is 0 Å². The number of imidazole rings is 1. The summed E-state index contributed by atoms with van der Waals surface area (Å²) in [6.45, 7) is 0. The first kappa shape index (κ1) is 18.3. The summed E-state index contributed by atoms with van der Waals surface area (Å²) < 4.78 is 0. The zero-order valence-electron chi connectivity index (χ0n) is 12.3. The molecule has 2 heterocycles. The largest absolute Gasteiger partial charge is 3.00 e. The van der Waals surface area contributed by atoms with Gasteiger partial charge in [0.15, 0.2) is 0 Å². The van der Waals surface area contributed by atoms with Gasteiger partial charge in [0.1, 0.15) is 0 Å². The first-order valence-electron chi connectivity index (χ1n) is 6.64. The van der Waals surface area contributed by atoms with Gasteiger partial charge in [-0.25, -0.2) is 9.59 Å². The molecule has 128 valence electrons. The molecular formula is C15H9AuN5O4+. The standard InChI is InChI=1S/C8H6N2O2.C7H5N3O2.Au/c11-8(12)5-1-2-6-7(3-5)10-4-9-6;11-7(12)4-1-2-5-6(3-4)9-10-8-5;/h1-4H,(H2,9,10,11,12);1-3H,(H2,8,9,10,11,12);/q;;+3/p-2. The predicted octanol–water partition coefficient (Wildman–Crippen LogP) is 1.17. The van der Waals surface area contributed by atoms with Crippen molar-refractivity contribution >= 4 is 34.0 Å². The Morgan fingerprint density at radius 3 is 2.12 bits per heavy atom. The van der Waals surface area contributed by atoms with Gasteiger partial charge in [-0.2, -0.15) is 0 Å². The average Bonchev–Trinajstić information content (AvgIpc) is 3.22. The summed E-state index contributed by atoms with van der Waals surface area (Å²) in [6, 6.07) is 9.16. The van der Waals surface area contributed by atoms with Gasteiger partial charge >= 0.3 is 34.3 Å². The Morgan fingerprint density at radius 2 is 1.48 bits per heavy atom. The van der Waals surface area contributed by atoms with Gasteiger partial charge in [-0.1, -0.05) is 18.5 Å². The van der Waals surface area contributed by atoms with Crippen LogP contribution in [0.4, 0.5) is 0 Å². The molecule has 0 saturated carbocycles. The molecule has 0 fully saturated rings. The van der Waals surface area contributed by atoms with Gasteiger partial charge in [0.2, 0.25) is 0 Å². The molecule has 4 rings (SSSR count). The number of hydrogen-bond donors (Lipinski definition) is 2. The molecule has 0 aliphatic rings. The van der Waals surface area contributed by atoms with E-state index in [2.05, 4.69) is 25.4 Å². The van der Waals surface area contributed by atoms with E-state index in [0.29, 0.717) is 16.6 Å². The van der Waals surface area contributed by atoms with E-state index in [0.717, 1.165) is 5.52 Å². The fraction of sp³-hybridized carbons (Fsp3) is 0. The summed E-state index contributed by atoms with van der Waals surface area (Å²) in [5.41, 5.74) is 2.90. The summed E-state index contributed by atoms with van der Waals surface area (Å²) >= 11 is 0. The number of aromatic nitrogens is 5. The van der Waals surface area contributed by atoms with Gasteiger partial charge < -0.3 is 30.4 Å². The Labute approximate surface area is 155 Å². The van der Waals surface area contributed by atoms with Crippen molar-refractivity contribution in [2.24, 2.45) is 0 Å². The molecule has 0 saturated heterocycles. The van der Waals surface area contributed by atoms with Crippen LogP contribution in [0.3, 0.4) is 0 Å². The molecule has 2 N–H and O–H groups in total. The summed E-state index contributed by atoms with van der Waals surface area (Å²) in [5, 5.41) is 28.0. The van der Waals surface area contributed by atoms with E-state index in [4.69, 9.17) is 10.2 Å². The van der Waals surface area contributed by atoms with Crippen molar-refractivity contribution < 1.29 is 42.2 Å². The van der Waals surface area contributed by atoms with Crippen molar-refractivity contribution in [3.63, 3.8) is 0 Å². The molecular weight excluding hydrogens is 511 g/mol. The number of fused-ring (bicyclic) bond motifs is 2. The van der Waals surface area contributed by atoms with Crippen LogP contribution >= 0.6 is 0 Å². The Hall–Kier alpha value is -3.01. The maximum absolute atomic E-state index is 10.5. The number of nitrogens with zero attached hydrogens (tertiary/aromatic N) is 5. The van der Waals surface area contributed by atoms with Crippen molar-refractivity contribution in [1.29, 1.82) is 0 Å². The van der Waals surface area contributed by atoms with Crippen LogP contribution in [0.15, 0.2) is 42.7 Å². The van der Waals surface area contributed by atoms with Crippen LogP contribution in [0.2, 0.25) is 0 Å². The Balaban J connectivity index is 0.000000173. The minimum absolute atomic E-state index is 0. The van der Waals surface area contributed by atoms with Gasteiger partial charge in [0.25, 0.3) is 0 Å². The fourth-order valence-electron chi connectivity index (χ4n) is 1.96. The normalized spacial score (nSPS) is 9.92. The van der Waals surface area contributed by atoms with Crippen LogP contribution in [0.5, 0.6) is 0 Å². The second kappa shape index (κ2) is 7.71. The van der Waals surface area contributed by atoms with Gasteiger partial charge in [-0.3, -0.25) is 5.21 Å². The van der Waals surface area contributed by atoms with E-state index in [9.17, 15) is 9.59 Å². The second-order valence-corrected chi connectivity index (χ2v) is 4.68. The number of benzene rings is 2. The van der Waals surface area contributed by atoms with E-state index in [1.165, 1.54) is 30.6 Å². The molecule has 0 amide bonds. The number of carboxylic acid groups (broad SMARTS) is 2. The average molecular weight is 520 g/mol. The Bertz CT molecular complexity index is 958. The number of carboxylic acids is 2. The third-order valence-corrected chi connectivity index (χ3v) is 3.14. The third-order valence-electron chi connectivity index (χ3n) is 3.14. The fourth-order valence-corrected chi connectivity index (χ4v) is 1.96. The molecule has 4 aromatic rings. The first-order valence-corrected chi connectivity index (χ1v) is 6.64. The van der Waals surface area contributed by atoms with Crippen molar-refractivity contribution in [3.8, 4) is 0 Å². The van der Waals surface area contributed by atoms with E-state index < -0.39 is 11.9 Å². The first-order chi connectivity index (χ1) is 11.5. The number of aromatic carboxylic acids is 2. The molecule has 0 unspecified atom stereocenters. The molecule has 2 aromatic carbocycles. The van der Waals surface area contributed by atoms with Crippen molar-refractivity contribution in [1.82, 2.24) is 25.4 Å².